The Morgan fingerprint density at radius 2 is 2.00 bits per heavy atom. The predicted molar refractivity (Wildman–Crippen MR) is 75.1 cm³/mol. The average molecular weight is 365 g/mol. The number of nitrogens with zero attached hydrogens (tertiary/aromatic N) is 1. The van der Waals surface area contributed by atoms with Gasteiger partial charge in [0.05, 0.1) is 11.2 Å². The molecule has 0 atom stereocenters. The molecule has 1 aromatic carbocycles. The second-order valence-corrected chi connectivity index (χ2v) is 6.37. The first-order valence-electron chi connectivity index (χ1n) is 5.13. The van der Waals surface area contributed by atoms with Crippen LogP contribution in [0.1, 0.15) is 24.2 Å². The second-order valence-electron chi connectivity index (χ2n) is 4.60. The van der Waals surface area contributed by atoms with Crippen molar-refractivity contribution in [2.24, 2.45) is 0 Å². The van der Waals surface area contributed by atoms with Gasteiger partial charge in [0.15, 0.2) is 0 Å². The number of carbonyl (C=O) groups excluding carboxylic acids is 1. The molecule has 94 valence electrons. The van der Waals surface area contributed by atoms with Crippen LogP contribution in [0.2, 0.25) is 0 Å². The highest BCUT2D eigenvalue weighted by molar-refractivity contribution is 9.11. The lowest BCUT2D eigenvalue weighted by molar-refractivity contribution is 0.0367. The molecule has 0 saturated carbocycles. The molecule has 0 aliphatic rings. The lowest BCUT2D eigenvalue weighted by atomic mass is 10.1. The summed E-state index contributed by atoms with van der Waals surface area (Å²) < 4.78 is 1.59. The number of carbonyl (C=O) groups is 1. The van der Waals surface area contributed by atoms with Gasteiger partial charge in [-0.05, 0) is 48.0 Å². The van der Waals surface area contributed by atoms with Crippen LogP contribution in [0.3, 0.4) is 0 Å². The number of aliphatic hydroxyl groups is 1. The van der Waals surface area contributed by atoms with E-state index in [-0.39, 0.29) is 12.5 Å². The van der Waals surface area contributed by atoms with Gasteiger partial charge in [-0.2, -0.15) is 0 Å². The first-order valence-corrected chi connectivity index (χ1v) is 6.72. The van der Waals surface area contributed by atoms with Crippen LogP contribution in [0.4, 0.5) is 0 Å². The van der Waals surface area contributed by atoms with Gasteiger partial charge in [-0.1, -0.05) is 15.9 Å². The monoisotopic (exact) mass is 363 g/mol. The lowest BCUT2D eigenvalue weighted by Crippen LogP contribution is -2.39. The number of benzene rings is 1. The fourth-order valence-electron chi connectivity index (χ4n) is 1.52. The second kappa shape index (κ2) is 5.50. The molecule has 5 heteroatoms. The maximum atomic E-state index is 12.2. The van der Waals surface area contributed by atoms with Gasteiger partial charge >= 0.3 is 0 Å². The molecule has 1 aromatic rings. The quantitative estimate of drug-likeness (QED) is 0.895. The predicted octanol–water partition coefficient (Wildman–Crippen LogP) is 3.05. The molecule has 17 heavy (non-hydrogen) atoms. The van der Waals surface area contributed by atoms with E-state index in [2.05, 4.69) is 31.9 Å². The third-order valence-electron chi connectivity index (χ3n) is 2.13. The van der Waals surface area contributed by atoms with Crippen LogP contribution in [0, 0.1) is 0 Å². The topological polar surface area (TPSA) is 40.5 Å². The summed E-state index contributed by atoms with van der Waals surface area (Å²) in [5, 5.41) is 9.69. The maximum Gasteiger partial charge on any atom is 0.254 e. The van der Waals surface area contributed by atoms with Gasteiger partial charge in [-0.25, -0.2) is 0 Å². The largest absolute Gasteiger partial charge is 0.389 e. The van der Waals surface area contributed by atoms with Gasteiger partial charge in [0.2, 0.25) is 0 Å². The number of amides is 1. The highest BCUT2D eigenvalue weighted by atomic mass is 79.9. The Kier molecular flexibility index (Phi) is 4.75. The highest BCUT2D eigenvalue weighted by Crippen LogP contribution is 2.23. The Balaban J connectivity index is 2.93. The minimum atomic E-state index is -0.900. The van der Waals surface area contributed by atoms with Crippen LogP contribution in [-0.2, 0) is 0 Å². The van der Waals surface area contributed by atoms with Gasteiger partial charge < -0.3 is 10.0 Å². The van der Waals surface area contributed by atoms with Crippen molar-refractivity contribution in [1.29, 1.82) is 0 Å². The van der Waals surface area contributed by atoms with Crippen LogP contribution in [-0.4, -0.2) is 35.1 Å². The number of halogens is 2. The first-order chi connectivity index (χ1) is 7.70. The minimum Gasteiger partial charge on any atom is -0.389 e. The fraction of sp³-hybridized carbons (Fsp3) is 0.417. The Morgan fingerprint density at radius 3 is 2.53 bits per heavy atom. The van der Waals surface area contributed by atoms with E-state index in [1.807, 2.05) is 12.1 Å². The number of rotatable bonds is 3. The molecule has 3 nitrogen and oxygen atoms in total. The van der Waals surface area contributed by atoms with Gasteiger partial charge in [-0.3, -0.25) is 4.79 Å². The van der Waals surface area contributed by atoms with Crippen molar-refractivity contribution in [3.05, 3.63) is 32.7 Å². The maximum absolute atomic E-state index is 12.2. The molecule has 0 bridgehead atoms. The van der Waals surface area contributed by atoms with Crippen molar-refractivity contribution >= 4 is 37.8 Å². The summed E-state index contributed by atoms with van der Waals surface area (Å²) in [5.74, 6) is -0.125. The Hall–Kier alpha value is -0.390. The summed E-state index contributed by atoms with van der Waals surface area (Å²) in [6.45, 7) is 3.63. The van der Waals surface area contributed by atoms with E-state index in [4.69, 9.17) is 0 Å². The Labute approximate surface area is 118 Å². The molecule has 0 radical (unpaired) electrons. The fourth-order valence-corrected chi connectivity index (χ4v) is 2.30. The van der Waals surface area contributed by atoms with E-state index in [1.165, 1.54) is 4.90 Å². The molecule has 0 aliphatic carbocycles. The first kappa shape index (κ1) is 14.7. The van der Waals surface area contributed by atoms with E-state index in [9.17, 15) is 9.90 Å². The van der Waals surface area contributed by atoms with Gasteiger partial charge in [0, 0.05) is 22.5 Å². The molecular weight excluding hydrogens is 350 g/mol. The lowest BCUT2D eigenvalue weighted by Gasteiger charge is -2.26. The van der Waals surface area contributed by atoms with E-state index >= 15 is 0 Å². The molecule has 0 saturated heterocycles. The van der Waals surface area contributed by atoms with Crippen LogP contribution in [0.15, 0.2) is 27.1 Å². The molecule has 0 aromatic heterocycles. The van der Waals surface area contributed by atoms with Gasteiger partial charge in [0.1, 0.15) is 0 Å². The van der Waals surface area contributed by atoms with Gasteiger partial charge in [-0.15, -0.1) is 0 Å². The molecular formula is C12H15Br2NO2. The number of hydrogen-bond donors (Lipinski definition) is 1. The third-order valence-corrected chi connectivity index (χ3v) is 3.31. The molecule has 0 aliphatic heterocycles. The van der Waals surface area contributed by atoms with Crippen molar-refractivity contribution in [3.63, 3.8) is 0 Å². The van der Waals surface area contributed by atoms with E-state index in [0.717, 1.165) is 8.95 Å². The van der Waals surface area contributed by atoms with Crippen molar-refractivity contribution in [1.82, 2.24) is 4.90 Å². The molecule has 1 rings (SSSR count). The van der Waals surface area contributed by atoms with Crippen LogP contribution >= 0.6 is 31.9 Å². The summed E-state index contributed by atoms with van der Waals surface area (Å²) >= 11 is 6.68. The summed E-state index contributed by atoms with van der Waals surface area (Å²) in [6, 6.07) is 5.43. The number of hydrogen-bond acceptors (Lipinski definition) is 2. The zero-order valence-corrected chi connectivity index (χ0v) is 13.2. The minimum absolute atomic E-state index is 0.125. The summed E-state index contributed by atoms with van der Waals surface area (Å²) in [5.41, 5.74) is -0.325. The van der Waals surface area contributed by atoms with Crippen LogP contribution in [0.5, 0.6) is 0 Å². The number of likely N-dealkylation sites (N-methyl/N-ethyl adjacent to an activating group) is 1. The zero-order chi connectivity index (χ0) is 13.2. The molecule has 0 heterocycles. The van der Waals surface area contributed by atoms with E-state index in [1.54, 1.807) is 27.0 Å². The van der Waals surface area contributed by atoms with E-state index in [0.29, 0.717) is 5.56 Å². The molecule has 1 N–H and O–H groups in total. The van der Waals surface area contributed by atoms with Crippen LogP contribution in [0.25, 0.3) is 0 Å². The molecule has 0 fully saturated rings. The normalized spacial score (nSPS) is 11.4. The van der Waals surface area contributed by atoms with Gasteiger partial charge in [0.25, 0.3) is 5.91 Å². The summed E-state index contributed by atoms with van der Waals surface area (Å²) in [4.78, 5) is 13.7. The van der Waals surface area contributed by atoms with Crippen LogP contribution < -0.4 is 0 Å². The molecule has 0 unspecified atom stereocenters. The highest BCUT2D eigenvalue weighted by Gasteiger charge is 2.21. The third kappa shape index (κ3) is 4.41. The summed E-state index contributed by atoms with van der Waals surface area (Å²) in [6.07, 6.45) is 0. The average Bonchev–Trinajstić information content (AvgIpc) is 2.18. The Bertz CT molecular complexity index is 427. The van der Waals surface area contributed by atoms with Crippen molar-refractivity contribution in [2.45, 2.75) is 19.4 Å². The Morgan fingerprint density at radius 1 is 1.41 bits per heavy atom. The van der Waals surface area contributed by atoms with Crippen molar-refractivity contribution in [2.75, 3.05) is 13.6 Å². The van der Waals surface area contributed by atoms with Crippen molar-refractivity contribution < 1.29 is 9.90 Å². The smallest absolute Gasteiger partial charge is 0.254 e. The standard InChI is InChI=1S/C12H15Br2NO2/c1-12(2,17)7-15(3)11(16)9-6-8(13)4-5-10(9)14/h4-6,17H,7H2,1-3H3. The van der Waals surface area contributed by atoms with E-state index < -0.39 is 5.60 Å². The molecule has 0 spiro atoms. The molecule has 1 amide bonds. The SMILES string of the molecule is CN(CC(C)(C)O)C(=O)c1cc(Br)ccc1Br. The van der Waals surface area contributed by atoms with Crippen molar-refractivity contribution in [3.8, 4) is 0 Å². The summed E-state index contributed by atoms with van der Waals surface area (Å²) in [7, 11) is 1.67. The zero-order valence-electron chi connectivity index (χ0n) is 10.00.